The van der Waals surface area contributed by atoms with E-state index < -0.39 is 0 Å². The van der Waals surface area contributed by atoms with Crippen molar-refractivity contribution in [3.8, 4) is 0 Å². The van der Waals surface area contributed by atoms with Crippen LogP contribution in [0.4, 0.5) is 0 Å². The van der Waals surface area contributed by atoms with Gasteiger partial charge in [-0.15, -0.1) is 0 Å². The van der Waals surface area contributed by atoms with E-state index in [1.165, 1.54) is 5.69 Å². The van der Waals surface area contributed by atoms with Crippen molar-refractivity contribution in [1.29, 1.82) is 0 Å². The average Bonchev–Trinajstić information content (AvgIpc) is 3.15. The molecule has 0 N–H and O–H groups in total. The van der Waals surface area contributed by atoms with Crippen LogP contribution in [0.5, 0.6) is 0 Å². The first-order valence-electron chi connectivity index (χ1n) is 8.46. The predicted molar refractivity (Wildman–Crippen MR) is 91.7 cm³/mol. The van der Waals surface area contributed by atoms with Crippen LogP contribution in [-0.2, 0) is 7.05 Å². The summed E-state index contributed by atoms with van der Waals surface area (Å²) in [7, 11) is 6.00. The molecule has 6 nitrogen and oxygen atoms in total. The number of hydrogen-bond acceptors (Lipinski definition) is 4. The van der Waals surface area contributed by atoms with Crippen molar-refractivity contribution in [2.24, 2.45) is 13.0 Å². The predicted octanol–water partition coefficient (Wildman–Crippen LogP) is 2.48. The van der Waals surface area contributed by atoms with Gasteiger partial charge in [-0.2, -0.15) is 5.10 Å². The van der Waals surface area contributed by atoms with Crippen molar-refractivity contribution < 1.29 is 9.21 Å². The Morgan fingerprint density at radius 1 is 1.42 bits per heavy atom. The van der Waals surface area contributed by atoms with Crippen LogP contribution in [0.15, 0.2) is 29.0 Å². The number of hydrogen-bond donors (Lipinski definition) is 0. The van der Waals surface area contributed by atoms with Crippen LogP contribution in [0, 0.1) is 12.8 Å². The number of aryl methyl sites for hydroxylation is 2. The lowest BCUT2D eigenvalue weighted by Gasteiger charge is -2.40. The first-order chi connectivity index (χ1) is 11.5. The zero-order chi connectivity index (χ0) is 17.3. The van der Waals surface area contributed by atoms with E-state index in [0.29, 0.717) is 18.2 Å². The van der Waals surface area contributed by atoms with Crippen LogP contribution in [0.3, 0.4) is 0 Å². The molecule has 1 aliphatic heterocycles. The Labute approximate surface area is 143 Å². The molecule has 0 unspecified atom stereocenters. The molecule has 1 amide bonds. The first kappa shape index (κ1) is 16.8. The standard InChI is InChI=1S/C18H26N4O2/c1-13-8-11-24-17(13)18(23)21(3)12-14-6-5-10-20(2)16(14)15-7-9-19-22(15)4/h7-9,11,14,16H,5-6,10,12H2,1-4H3/t14-,16+/m0/s1. The monoisotopic (exact) mass is 330 g/mol. The van der Waals surface area contributed by atoms with Gasteiger partial charge in [0.05, 0.1) is 18.0 Å². The van der Waals surface area contributed by atoms with E-state index in [1.807, 2.05) is 38.0 Å². The highest BCUT2D eigenvalue weighted by molar-refractivity contribution is 5.92. The number of carbonyl (C=O) groups excluding carboxylic acids is 1. The van der Waals surface area contributed by atoms with Gasteiger partial charge in [0.15, 0.2) is 5.76 Å². The summed E-state index contributed by atoms with van der Waals surface area (Å²) in [4.78, 5) is 16.8. The van der Waals surface area contributed by atoms with Crippen LogP contribution >= 0.6 is 0 Å². The average molecular weight is 330 g/mol. The van der Waals surface area contributed by atoms with E-state index in [0.717, 1.165) is 24.9 Å². The molecule has 0 aromatic carbocycles. The lowest BCUT2D eigenvalue weighted by Crippen LogP contribution is -2.43. The molecule has 6 heteroatoms. The molecular weight excluding hydrogens is 304 g/mol. The third kappa shape index (κ3) is 3.11. The Kier molecular flexibility index (Phi) is 4.76. The highest BCUT2D eigenvalue weighted by Crippen LogP contribution is 2.35. The first-order valence-corrected chi connectivity index (χ1v) is 8.46. The zero-order valence-corrected chi connectivity index (χ0v) is 14.9. The molecule has 1 saturated heterocycles. The van der Waals surface area contributed by atoms with Gasteiger partial charge >= 0.3 is 0 Å². The molecule has 3 rings (SSSR count). The number of amides is 1. The van der Waals surface area contributed by atoms with Gasteiger partial charge in [0.2, 0.25) is 0 Å². The minimum absolute atomic E-state index is 0.0468. The summed E-state index contributed by atoms with van der Waals surface area (Å²) < 4.78 is 7.30. The maximum absolute atomic E-state index is 12.6. The maximum atomic E-state index is 12.6. The number of piperidine rings is 1. The number of aromatic nitrogens is 2. The second-order valence-corrected chi connectivity index (χ2v) is 6.83. The van der Waals surface area contributed by atoms with Gasteiger partial charge in [-0.3, -0.25) is 14.4 Å². The molecule has 0 radical (unpaired) electrons. The Hall–Kier alpha value is -2.08. The van der Waals surface area contributed by atoms with Crippen molar-refractivity contribution in [1.82, 2.24) is 19.6 Å². The lowest BCUT2D eigenvalue weighted by molar-refractivity contribution is 0.0605. The van der Waals surface area contributed by atoms with Gasteiger partial charge in [0.25, 0.3) is 5.91 Å². The fourth-order valence-corrected chi connectivity index (χ4v) is 3.79. The minimum atomic E-state index is -0.0468. The molecule has 1 aliphatic rings. The number of rotatable bonds is 4. The van der Waals surface area contributed by atoms with Crippen LogP contribution in [0.1, 0.15) is 40.7 Å². The van der Waals surface area contributed by atoms with Crippen molar-refractivity contribution in [2.75, 3.05) is 27.2 Å². The fraction of sp³-hybridized carbons (Fsp3) is 0.556. The van der Waals surface area contributed by atoms with Crippen LogP contribution in [-0.4, -0.2) is 52.7 Å². The molecule has 2 aromatic heterocycles. The number of carbonyl (C=O) groups is 1. The molecule has 2 atom stereocenters. The zero-order valence-electron chi connectivity index (χ0n) is 14.9. The van der Waals surface area contributed by atoms with E-state index in [9.17, 15) is 4.79 Å². The van der Waals surface area contributed by atoms with E-state index >= 15 is 0 Å². The van der Waals surface area contributed by atoms with Gasteiger partial charge < -0.3 is 9.32 Å². The molecule has 3 heterocycles. The van der Waals surface area contributed by atoms with E-state index in [2.05, 4.69) is 23.1 Å². The molecule has 1 fully saturated rings. The molecule has 0 aliphatic carbocycles. The molecular formula is C18H26N4O2. The van der Waals surface area contributed by atoms with Crippen molar-refractivity contribution in [3.05, 3.63) is 41.6 Å². The minimum Gasteiger partial charge on any atom is -0.459 e. The summed E-state index contributed by atoms with van der Waals surface area (Å²) in [6.07, 6.45) is 5.67. The van der Waals surface area contributed by atoms with Crippen LogP contribution < -0.4 is 0 Å². The Morgan fingerprint density at radius 3 is 2.83 bits per heavy atom. The van der Waals surface area contributed by atoms with Crippen LogP contribution in [0.2, 0.25) is 0 Å². The van der Waals surface area contributed by atoms with Crippen molar-refractivity contribution in [3.63, 3.8) is 0 Å². The topological polar surface area (TPSA) is 54.5 Å². The summed E-state index contributed by atoms with van der Waals surface area (Å²) >= 11 is 0. The lowest BCUT2D eigenvalue weighted by atomic mass is 9.87. The number of likely N-dealkylation sites (tertiary alicyclic amines) is 1. The number of furan rings is 1. The second-order valence-electron chi connectivity index (χ2n) is 6.83. The maximum Gasteiger partial charge on any atom is 0.289 e. The second kappa shape index (κ2) is 6.81. The summed E-state index contributed by atoms with van der Waals surface area (Å²) in [6.45, 7) is 3.68. The van der Waals surface area contributed by atoms with Gasteiger partial charge in [0, 0.05) is 32.4 Å². The summed E-state index contributed by atoms with van der Waals surface area (Å²) in [6, 6.07) is 4.19. The van der Waals surface area contributed by atoms with Crippen molar-refractivity contribution in [2.45, 2.75) is 25.8 Å². The van der Waals surface area contributed by atoms with Gasteiger partial charge in [0.1, 0.15) is 0 Å². The van der Waals surface area contributed by atoms with E-state index in [-0.39, 0.29) is 11.9 Å². The smallest absolute Gasteiger partial charge is 0.289 e. The molecule has 0 bridgehead atoms. The third-order valence-electron chi connectivity index (χ3n) is 5.08. The van der Waals surface area contributed by atoms with Crippen molar-refractivity contribution >= 4 is 5.91 Å². The summed E-state index contributed by atoms with van der Waals surface area (Å²) in [5.41, 5.74) is 2.09. The highest BCUT2D eigenvalue weighted by Gasteiger charge is 2.34. The normalized spacial score (nSPS) is 21.8. The Bertz CT molecular complexity index is 705. The SMILES string of the molecule is Cc1ccoc1C(=O)N(C)C[C@@H]1CCCN(C)[C@H]1c1ccnn1C. The summed E-state index contributed by atoms with van der Waals surface area (Å²) in [5.74, 6) is 0.775. The Balaban J connectivity index is 1.78. The molecule has 0 saturated carbocycles. The van der Waals surface area contributed by atoms with E-state index in [1.54, 1.807) is 11.2 Å². The van der Waals surface area contributed by atoms with E-state index in [4.69, 9.17) is 4.42 Å². The van der Waals surface area contributed by atoms with Gasteiger partial charge in [-0.25, -0.2) is 0 Å². The number of nitrogens with zero attached hydrogens (tertiary/aromatic N) is 4. The molecule has 130 valence electrons. The fourth-order valence-electron chi connectivity index (χ4n) is 3.79. The third-order valence-corrected chi connectivity index (χ3v) is 5.08. The summed E-state index contributed by atoms with van der Waals surface area (Å²) in [5, 5.41) is 4.32. The highest BCUT2D eigenvalue weighted by atomic mass is 16.3. The molecule has 24 heavy (non-hydrogen) atoms. The molecule has 0 spiro atoms. The quantitative estimate of drug-likeness (QED) is 0.864. The van der Waals surface area contributed by atoms with Crippen LogP contribution in [0.25, 0.3) is 0 Å². The molecule has 2 aromatic rings. The Morgan fingerprint density at radius 2 is 2.21 bits per heavy atom. The van der Waals surface area contributed by atoms with Gasteiger partial charge in [-0.1, -0.05) is 0 Å². The largest absolute Gasteiger partial charge is 0.459 e. The van der Waals surface area contributed by atoms with Gasteiger partial charge in [-0.05, 0) is 51.4 Å².